The van der Waals surface area contributed by atoms with Crippen LogP contribution in [-0.2, 0) is 0 Å². The molecule has 1 atom stereocenters. The molecule has 8 heteroatoms. The molecule has 1 aromatic rings. The summed E-state index contributed by atoms with van der Waals surface area (Å²) in [6.07, 6.45) is 2.17. The van der Waals surface area contributed by atoms with Crippen molar-refractivity contribution < 1.29 is 10.1 Å². The Balaban J connectivity index is 2.35. The van der Waals surface area contributed by atoms with Gasteiger partial charge >= 0.3 is 0 Å². The van der Waals surface area contributed by atoms with Crippen LogP contribution in [0.5, 0.6) is 0 Å². The Hall–Kier alpha value is -2.38. The number of anilines is 1. The number of pyridine rings is 1. The first kappa shape index (κ1) is 14.0. The number of oxime groups is 1. The lowest BCUT2D eigenvalue weighted by atomic mass is 10.1. The summed E-state index contributed by atoms with van der Waals surface area (Å²) in [5.41, 5.74) is 5.10. The van der Waals surface area contributed by atoms with Gasteiger partial charge in [-0.1, -0.05) is 18.5 Å². The van der Waals surface area contributed by atoms with E-state index in [2.05, 4.69) is 22.0 Å². The number of hydrogen-bond donors (Lipinski definition) is 2. The summed E-state index contributed by atoms with van der Waals surface area (Å²) in [7, 11) is 0. The third-order valence-corrected chi connectivity index (χ3v) is 3.59. The van der Waals surface area contributed by atoms with Crippen molar-refractivity contribution in [3.8, 4) is 0 Å². The fourth-order valence-corrected chi connectivity index (χ4v) is 2.37. The van der Waals surface area contributed by atoms with E-state index in [1.807, 2.05) is 0 Å². The zero-order chi connectivity index (χ0) is 14.7. The summed E-state index contributed by atoms with van der Waals surface area (Å²) in [6, 6.07) is 2.94. The second-order valence-corrected chi connectivity index (χ2v) is 4.79. The van der Waals surface area contributed by atoms with Crippen molar-refractivity contribution >= 4 is 17.3 Å². The summed E-state index contributed by atoms with van der Waals surface area (Å²) in [5.74, 6) is 0.872. The third-order valence-electron chi connectivity index (χ3n) is 3.59. The maximum Gasteiger partial charge on any atom is 0.298 e. The molecule has 2 rings (SSSR count). The average molecular weight is 279 g/mol. The fourth-order valence-electron chi connectivity index (χ4n) is 2.37. The van der Waals surface area contributed by atoms with Crippen molar-refractivity contribution in [2.75, 3.05) is 18.0 Å². The van der Waals surface area contributed by atoms with E-state index < -0.39 is 4.92 Å². The molecule has 1 fully saturated rings. The second kappa shape index (κ2) is 5.72. The van der Waals surface area contributed by atoms with Crippen LogP contribution in [0, 0.1) is 16.0 Å². The average Bonchev–Trinajstić information content (AvgIpc) is 2.94. The number of nitrogens with two attached hydrogens (primary N) is 1. The standard InChI is InChI=1S/C12H17N5O3/c1-2-8-5-6-16(7-8)10-4-3-9(17(19)20)11(14-10)12(13)15-18/h3-4,8,18H,2,5-7H2,1H3,(H2,13,15). The van der Waals surface area contributed by atoms with Crippen LogP contribution in [-0.4, -0.2) is 34.0 Å². The van der Waals surface area contributed by atoms with Crippen molar-refractivity contribution in [3.63, 3.8) is 0 Å². The second-order valence-electron chi connectivity index (χ2n) is 4.79. The van der Waals surface area contributed by atoms with Gasteiger partial charge in [-0.3, -0.25) is 10.1 Å². The van der Waals surface area contributed by atoms with Crippen LogP contribution >= 0.6 is 0 Å². The number of aromatic nitrogens is 1. The van der Waals surface area contributed by atoms with Gasteiger partial charge < -0.3 is 15.8 Å². The van der Waals surface area contributed by atoms with E-state index >= 15 is 0 Å². The van der Waals surface area contributed by atoms with Crippen LogP contribution < -0.4 is 10.6 Å². The summed E-state index contributed by atoms with van der Waals surface area (Å²) < 4.78 is 0. The minimum atomic E-state index is -0.594. The molecule has 0 saturated carbocycles. The van der Waals surface area contributed by atoms with Crippen molar-refractivity contribution in [2.45, 2.75) is 19.8 Å². The molecule has 1 aliphatic rings. The molecule has 8 nitrogen and oxygen atoms in total. The third kappa shape index (κ3) is 2.63. The van der Waals surface area contributed by atoms with Gasteiger partial charge in [0.1, 0.15) is 5.82 Å². The fraction of sp³-hybridized carbons (Fsp3) is 0.500. The minimum absolute atomic E-state index is 0.102. The topological polar surface area (TPSA) is 118 Å². The molecule has 0 aliphatic carbocycles. The highest BCUT2D eigenvalue weighted by atomic mass is 16.6. The minimum Gasteiger partial charge on any atom is -0.409 e. The number of nitrogens with zero attached hydrogens (tertiary/aromatic N) is 4. The monoisotopic (exact) mass is 279 g/mol. The number of rotatable bonds is 4. The highest BCUT2D eigenvalue weighted by Gasteiger charge is 2.25. The first-order valence-electron chi connectivity index (χ1n) is 6.45. The van der Waals surface area contributed by atoms with Crippen molar-refractivity contribution in [1.29, 1.82) is 0 Å². The molecular weight excluding hydrogens is 262 g/mol. The number of hydrogen-bond acceptors (Lipinski definition) is 6. The molecule has 1 aliphatic heterocycles. The summed E-state index contributed by atoms with van der Waals surface area (Å²) in [5, 5.41) is 22.5. The van der Waals surface area contributed by atoms with Gasteiger partial charge in [-0.15, -0.1) is 0 Å². The molecule has 0 radical (unpaired) electrons. The molecule has 0 spiro atoms. The Bertz CT molecular complexity index is 546. The van der Waals surface area contributed by atoms with Crippen LogP contribution in [0.3, 0.4) is 0 Å². The Kier molecular flexibility index (Phi) is 4.02. The van der Waals surface area contributed by atoms with Crippen molar-refractivity contribution in [2.24, 2.45) is 16.8 Å². The predicted octanol–water partition coefficient (Wildman–Crippen LogP) is 1.32. The van der Waals surface area contributed by atoms with Crippen LogP contribution in [0.15, 0.2) is 17.3 Å². The van der Waals surface area contributed by atoms with Gasteiger partial charge in [0, 0.05) is 19.2 Å². The SMILES string of the molecule is CCC1CCN(c2ccc([N+](=O)[O-])c(/C(N)=N/O)n2)C1. The van der Waals surface area contributed by atoms with Gasteiger partial charge in [0.25, 0.3) is 5.69 Å². The molecule has 1 unspecified atom stereocenters. The zero-order valence-corrected chi connectivity index (χ0v) is 11.2. The van der Waals surface area contributed by atoms with Crippen LogP contribution in [0.4, 0.5) is 11.5 Å². The van der Waals surface area contributed by atoms with Gasteiger partial charge in [-0.25, -0.2) is 4.98 Å². The molecule has 108 valence electrons. The number of nitro groups is 1. The summed E-state index contributed by atoms with van der Waals surface area (Å²) in [6.45, 7) is 3.87. The van der Waals surface area contributed by atoms with Gasteiger partial charge in [0.15, 0.2) is 11.5 Å². The Morgan fingerprint density at radius 2 is 2.45 bits per heavy atom. The largest absolute Gasteiger partial charge is 0.409 e. The Morgan fingerprint density at radius 1 is 1.70 bits per heavy atom. The van der Waals surface area contributed by atoms with E-state index in [0.717, 1.165) is 25.9 Å². The molecule has 1 aromatic heterocycles. The zero-order valence-electron chi connectivity index (χ0n) is 11.2. The normalized spacial score (nSPS) is 19.4. The summed E-state index contributed by atoms with van der Waals surface area (Å²) in [4.78, 5) is 16.6. The smallest absolute Gasteiger partial charge is 0.298 e. The first-order valence-corrected chi connectivity index (χ1v) is 6.45. The highest BCUT2D eigenvalue weighted by molar-refractivity contribution is 5.99. The van der Waals surface area contributed by atoms with Gasteiger partial charge in [0.2, 0.25) is 0 Å². The lowest BCUT2D eigenvalue weighted by Crippen LogP contribution is -2.23. The van der Waals surface area contributed by atoms with Crippen molar-refractivity contribution in [3.05, 3.63) is 27.9 Å². The molecule has 0 bridgehead atoms. The maximum atomic E-state index is 10.9. The first-order chi connectivity index (χ1) is 9.56. The van der Waals surface area contributed by atoms with E-state index in [1.54, 1.807) is 6.07 Å². The molecule has 2 heterocycles. The molecule has 0 aromatic carbocycles. The van der Waals surface area contributed by atoms with Crippen molar-refractivity contribution in [1.82, 2.24) is 4.98 Å². The van der Waals surface area contributed by atoms with Gasteiger partial charge in [-0.05, 0) is 18.4 Å². The highest BCUT2D eigenvalue weighted by Crippen LogP contribution is 2.27. The van der Waals surface area contributed by atoms with E-state index in [9.17, 15) is 10.1 Å². The quantitative estimate of drug-likeness (QED) is 0.282. The Morgan fingerprint density at radius 3 is 3.00 bits per heavy atom. The molecule has 3 N–H and O–H groups in total. The van der Waals surface area contributed by atoms with E-state index in [-0.39, 0.29) is 17.2 Å². The van der Waals surface area contributed by atoms with E-state index in [4.69, 9.17) is 10.9 Å². The van der Waals surface area contributed by atoms with Gasteiger partial charge in [0.05, 0.1) is 4.92 Å². The summed E-state index contributed by atoms with van der Waals surface area (Å²) >= 11 is 0. The van der Waals surface area contributed by atoms with E-state index in [0.29, 0.717) is 11.7 Å². The molecule has 20 heavy (non-hydrogen) atoms. The molecule has 1 saturated heterocycles. The predicted molar refractivity (Wildman–Crippen MR) is 74.0 cm³/mol. The molecular formula is C12H17N5O3. The molecule has 0 amide bonds. The Labute approximate surface area is 116 Å². The van der Waals surface area contributed by atoms with Crippen LogP contribution in [0.25, 0.3) is 0 Å². The number of amidine groups is 1. The van der Waals surface area contributed by atoms with E-state index in [1.165, 1.54) is 6.07 Å². The lowest BCUT2D eigenvalue weighted by molar-refractivity contribution is -0.385. The van der Waals surface area contributed by atoms with Crippen LogP contribution in [0.2, 0.25) is 0 Å². The lowest BCUT2D eigenvalue weighted by Gasteiger charge is -2.17. The maximum absolute atomic E-state index is 10.9. The van der Waals surface area contributed by atoms with Crippen LogP contribution in [0.1, 0.15) is 25.5 Å². The van der Waals surface area contributed by atoms with Gasteiger partial charge in [-0.2, -0.15) is 0 Å².